The Labute approximate surface area is 386 Å². The summed E-state index contributed by atoms with van der Waals surface area (Å²) in [5.41, 5.74) is 10.5. The molecule has 0 bridgehead atoms. The summed E-state index contributed by atoms with van der Waals surface area (Å²) >= 11 is 6.06. The monoisotopic (exact) mass is 902 g/mol. The van der Waals surface area contributed by atoms with Crippen LogP contribution in [-0.2, 0) is 36.9 Å². The molecule has 13 heteroatoms. The number of halogens is 1. The first kappa shape index (κ1) is 41.8. The first-order valence-electron chi connectivity index (χ1n) is 23.0. The van der Waals surface area contributed by atoms with Gasteiger partial charge in [0, 0.05) is 99.9 Å². The van der Waals surface area contributed by atoms with E-state index in [0.29, 0.717) is 38.4 Å². The van der Waals surface area contributed by atoms with E-state index < -0.39 is 11.9 Å². The van der Waals surface area contributed by atoms with E-state index in [1.807, 2.05) is 0 Å². The number of fused-ring (bicyclic) bond motifs is 5. The number of carbonyl (C=O) groups is 4. The summed E-state index contributed by atoms with van der Waals surface area (Å²) in [7, 11) is 1.56. The SMILES string of the molecule is COc1ccc2c(c1)c(CC(=O)NCCNC(=O)c1ccc(C3=c4cc5c6c(c4Oc4c3cc3c7c4CCCN7CCC3)CCC[N+]=6CCC5)c(C(=O)O)c1)cn2C(=O)c1ccc(Cl)cc1. The standard InChI is InChI=1S/C53H48ClN5O7/c1-65-36-15-17-44-40(28-36)34(29-59(44)52(62)30-10-13-35(54)14-11-30)27-45(60)55-18-19-56-51(61)33-12-16-37(41(26-33)53(63)64)46-42-24-31-6-2-20-57-22-4-8-38(47(31)57)49(42)66-50-39-9-5-23-58-21-3-7-32(48(39)58)25-43(46)50/h10-17,24-26,28-29H,2-9,18-23,27H2,1H3,(H2-,55,56,60,61,63,64)/p+1. The van der Waals surface area contributed by atoms with Crippen molar-refractivity contribution in [3.05, 3.63) is 150 Å². The molecule has 66 heavy (non-hydrogen) atoms. The highest BCUT2D eigenvalue weighted by atomic mass is 35.5. The van der Waals surface area contributed by atoms with E-state index in [9.17, 15) is 24.3 Å². The molecule has 5 aliphatic heterocycles. The zero-order valence-electron chi connectivity index (χ0n) is 36.7. The van der Waals surface area contributed by atoms with Gasteiger partial charge in [-0.15, -0.1) is 0 Å². The number of carboxylic acid groups (broad SMARTS) is 1. The van der Waals surface area contributed by atoms with Crippen LogP contribution in [0.25, 0.3) is 16.5 Å². The van der Waals surface area contributed by atoms with Crippen molar-refractivity contribution < 1.29 is 33.8 Å². The number of ether oxygens (including phenoxy) is 2. The molecule has 1 aromatic heterocycles. The summed E-state index contributed by atoms with van der Waals surface area (Å²) in [5.74, 6) is 0.108. The number of methoxy groups -OCH3 is 1. The lowest BCUT2D eigenvalue weighted by Gasteiger charge is -2.39. The van der Waals surface area contributed by atoms with Crippen LogP contribution in [0.3, 0.4) is 0 Å². The fourth-order valence-electron chi connectivity index (χ4n) is 11.0. The Morgan fingerprint density at radius 2 is 1.53 bits per heavy atom. The van der Waals surface area contributed by atoms with Crippen LogP contribution in [0.2, 0.25) is 5.02 Å². The third-order valence-corrected chi connectivity index (χ3v) is 14.2. The van der Waals surface area contributed by atoms with Crippen LogP contribution in [0.5, 0.6) is 17.2 Å². The fourth-order valence-corrected chi connectivity index (χ4v) is 11.2. The number of rotatable bonds is 10. The molecule has 6 aromatic rings. The topological polar surface area (TPSA) is 142 Å². The maximum atomic E-state index is 13.7. The number of amides is 2. The summed E-state index contributed by atoms with van der Waals surface area (Å²) in [6, 6.07) is 21.4. The first-order chi connectivity index (χ1) is 32.1. The Morgan fingerprint density at radius 1 is 0.788 bits per heavy atom. The van der Waals surface area contributed by atoms with Crippen LogP contribution >= 0.6 is 11.6 Å². The van der Waals surface area contributed by atoms with Gasteiger partial charge in [0.1, 0.15) is 30.3 Å². The number of carbonyl (C=O) groups excluding carboxylic acids is 3. The number of hydrogen-bond donors (Lipinski definition) is 3. The van der Waals surface area contributed by atoms with Gasteiger partial charge in [0.25, 0.3) is 11.8 Å². The molecule has 0 saturated carbocycles. The van der Waals surface area contributed by atoms with E-state index in [1.165, 1.54) is 43.9 Å². The number of aromatic carboxylic acids is 1. The number of anilines is 1. The minimum absolute atomic E-state index is 0.0246. The highest BCUT2D eigenvalue weighted by Gasteiger charge is 2.36. The second-order valence-electron chi connectivity index (χ2n) is 17.9. The minimum Gasteiger partial charge on any atom is -0.497 e. The third kappa shape index (κ3) is 7.18. The second-order valence-corrected chi connectivity index (χ2v) is 18.3. The number of aryl methyl sites for hydroxylation is 2. The molecular formula is C53H49ClN5O7+. The number of aromatic nitrogens is 1. The van der Waals surface area contributed by atoms with Gasteiger partial charge in [-0.05, 0) is 122 Å². The molecule has 5 aromatic carbocycles. The summed E-state index contributed by atoms with van der Waals surface area (Å²) in [6.45, 7) is 4.32. The molecule has 0 saturated heterocycles. The zero-order valence-corrected chi connectivity index (χ0v) is 37.5. The van der Waals surface area contributed by atoms with Crippen LogP contribution in [0, 0.1) is 0 Å². The van der Waals surface area contributed by atoms with E-state index in [2.05, 4.69) is 32.2 Å². The molecule has 2 amide bonds. The third-order valence-electron chi connectivity index (χ3n) is 14.0. The van der Waals surface area contributed by atoms with Crippen molar-refractivity contribution in [2.24, 2.45) is 0 Å². The lowest BCUT2D eigenvalue weighted by Crippen LogP contribution is -2.45. The van der Waals surface area contributed by atoms with Crippen molar-refractivity contribution in [3.8, 4) is 17.2 Å². The van der Waals surface area contributed by atoms with Crippen molar-refractivity contribution >= 4 is 57.5 Å². The highest BCUT2D eigenvalue weighted by molar-refractivity contribution is 6.30. The average molecular weight is 903 g/mol. The molecule has 5 aliphatic rings. The summed E-state index contributed by atoms with van der Waals surface area (Å²) in [5, 5.41) is 20.1. The van der Waals surface area contributed by atoms with Crippen LogP contribution in [0.1, 0.15) is 95.7 Å². The van der Waals surface area contributed by atoms with Crippen LogP contribution < -0.4 is 40.2 Å². The quantitative estimate of drug-likeness (QED) is 0.109. The number of nitrogens with one attached hydrogen (secondary N) is 2. The molecule has 0 fully saturated rings. The summed E-state index contributed by atoms with van der Waals surface area (Å²) in [4.78, 5) is 56.4. The molecular weight excluding hydrogens is 854 g/mol. The number of benzene rings is 5. The molecule has 11 rings (SSSR count). The van der Waals surface area contributed by atoms with E-state index in [0.717, 1.165) is 105 Å². The molecule has 0 spiro atoms. The lowest BCUT2D eigenvalue weighted by molar-refractivity contribution is -0.120. The maximum Gasteiger partial charge on any atom is 0.336 e. The molecule has 334 valence electrons. The van der Waals surface area contributed by atoms with Gasteiger partial charge in [-0.2, -0.15) is 0 Å². The van der Waals surface area contributed by atoms with Gasteiger partial charge in [-0.1, -0.05) is 17.7 Å². The molecule has 0 aliphatic carbocycles. The Kier molecular flexibility index (Phi) is 10.6. The molecule has 6 heterocycles. The van der Waals surface area contributed by atoms with Crippen molar-refractivity contribution in [1.29, 1.82) is 0 Å². The molecule has 0 unspecified atom stereocenters. The highest BCUT2D eigenvalue weighted by Crippen LogP contribution is 2.49. The zero-order chi connectivity index (χ0) is 45.2. The average Bonchev–Trinajstić information content (AvgIpc) is 3.69. The Balaban J connectivity index is 0.868. The van der Waals surface area contributed by atoms with Crippen molar-refractivity contribution in [3.63, 3.8) is 0 Å². The van der Waals surface area contributed by atoms with Crippen molar-refractivity contribution in [2.75, 3.05) is 51.3 Å². The van der Waals surface area contributed by atoms with Gasteiger partial charge in [0.2, 0.25) is 11.3 Å². The second kappa shape index (κ2) is 16.8. The summed E-state index contributed by atoms with van der Waals surface area (Å²) < 4.78 is 16.6. The van der Waals surface area contributed by atoms with Crippen LogP contribution in [-0.4, -0.2) is 79.7 Å². The smallest absolute Gasteiger partial charge is 0.336 e. The fraction of sp³-hybridized carbons (Fsp3) is 0.302. The lowest BCUT2D eigenvalue weighted by atomic mass is 9.81. The van der Waals surface area contributed by atoms with Crippen molar-refractivity contribution in [1.82, 2.24) is 19.8 Å². The first-order valence-corrected chi connectivity index (χ1v) is 23.4. The number of hydrogen-bond acceptors (Lipinski definition) is 7. The Hall–Kier alpha value is -6.92. The summed E-state index contributed by atoms with van der Waals surface area (Å²) in [6.07, 6.45) is 9.53. The molecule has 12 nitrogen and oxygen atoms in total. The van der Waals surface area contributed by atoms with E-state index >= 15 is 0 Å². The van der Waals surface area contributed by atoms with Gasteiger partial charge in [-0.3, -0.25) is 19.0 Å². The molecule has 0 radical (unpaired) electrons. The van der Waals surface area contributed by atoms with E-state index in [1.54, 1.807) is 67.9 Å². The van der Waals surface area contributed by atoms with E-state index in [-0.39, 0.29) is 42.5 Å². The van der Waals surface area contributed by atoms with E-state index in [4.69, 9.17) is 21.1 Å². The number of nitrogens with zero attached hydrogens (tertiary/aromatic N) is 3. The van der Waals surface area contributed by atoms with Gasteiger partial charge >= 0.3 is 5.97 Å². The van der Waals surface area contributed by atoms with Gasteiger partial charge in [-0.25, -0.2) is 9.37 Å². The van der Waals surface area contributed by atoms with Crippen LogP contribution in [0.4, 0.5) is 5.69 Å². The largest absolute Gasteiger partial charge is 0.497 e. The van der Waals surface area contributed by atoms with Crippen LogP contribution in [0.15, 0.2) is 79.0 Å². The normalized spacial score (nSPS) is 15.5. The number of carboxylic acids is 1. The maximum absolute atomic E-state index is 13.7. The van der Waals surface area contributed by atoms with Gasteiger partial charge < -0.3 is 30.1 Å². The molecule has 0 atom stereocenters. The Bertz CT molecular complexity index is 3200. The van der Waals surface area contributed by atoms with Gasteiger partial charge in [0.05, 0.1) is 30.2 Å². The molecule has 3 N–H and O–H groups in total. The predicted octanol–water partition coefficient (Wildman–Crippen LogP) is 6.21. The Morgan fingerprint density at radius 3 is 2.33 bits per heavy atom. The van der Waals surface area contributed by atoms with Crippen molar-refractivity contribution in [2.45, 2.75) is 57.8 Å². The minimum atomic E-state index is -1.13. The van der Waals surface area contributed by atoms with Gasteiger partial charge in [0.15, 0.2) is 0 Å². The predicted molar refractivity (Wildman–Crippen MR) is 252 cm³/mol.